The van der Waals surface area contributed by atoms with Crippen LogP contribution in [0.25, 0.3) is 0 Å². The van der Waals surface area contributed by atoms with Crippen LogP contribution in [0.1, 0.15) is 195 Å². The number of morpholine rings is 4. The second kappa shape index (κ2) is 43.8. The minimum absolute atomic E-state index is 0.0754. The molecule has 21 nitrogen and oxygen atoms in total. The first kappa shape index (κ1) is 82.9. The molecule has 12 rings (SSSR count). The Bertz CT molecular complexity index is 3010. The minimum atomic E-state index is -0.735. The van der Waals surface area contributed by atoms with Crippen LogP contribution in [0.15, 0.2) is 110 Å². The molecule has 1 unspecified atom stereocenters. The monoisotopic (exact) mass is 1410 g/mol. The summed E-state index contributed by atoms with van der Waals surface area (Å²) in [5.74, 6) is 3.50. The summed E-state index contributed by atoms with van der Waals surface area (Å²) in [6, 6.07) is 25.4. The van der Waals surface area contributed by atoms with E-state index in [4.69, 9.17) is 47.7 Å². The number of aliphatic hydroxyl groups excluding tert-OH is 1. The van der Waals surface area contributed by atoms with E-state index in [0.717, 1.165) is 138 Å². The molecule has 4 atom stereocenters. The van der Waals surface area contributed by atoms with Gasteiger partial charge in [-0.25, -0.2) is 0 Å². The van der Waals surface area contributed by atoms with Gasteiger partial charge in [0.2, 0.25) is 0 Å². The Labute approximate surface area is 610 Å². The molecule has 21 heteroatoms. The molecule has 0 bridgehead atoms. The Balaban J connectivity index is 0.000000172. The smallest absolute Gasteiger partial charge is 0.0983 e. The number of pyridine rings is 6. The van der Waals surface area contributed by atoms with E-state index in [1.807, 2.05) is 43.1 Å². The van der Waals surface area contributed by atoms with Crippen LogP contribution in [0.2, 0.25) is 0 Å². The van der Waals surface area contributed by atoms with E-state index in [1.54, 1.807) is 27.5 Å². The summed E-state index contributed by atoms with van der Waals surface area (Å²) in [6.45, 7) is 40.8. The number of ether oxygens (including phenoxy) is 9. The first-order valence-corrected chi connectivity index (χ1v) is 37.4. The average Bonchev–Trinajstić information content (AvgIpc) is 0.840. The largest absolute Gasteiger partial charge is 0.394 e. The van der Waals surface area contributed by atoms with Crippen LogP contribution >= 0.6 is 0 Å². The highest BCUT2D eigenvalue weighted by atomic mass is 16.5. The van der Waals surface area contributed by atoms with Crippen molar-refractivity contribution in [2.75, 3.05) is 173 Å². The van der Waals surface area contributed by atoms with Crippen molar-refractivity contribution in [3.8, 4) is 0 Å². The van der Waals surface area contributed by atoms with Gasteiger partial charge in [-0.1, -0.05) is 95.2 Å². The van der Waals surface area contributed by atoms with E-state index < -0.39 is 5.60 Å². The predicted octanol–water partition coefficient (Wildman–Crippen LogP) is 12.9. The molecule has 2 N–H and O–H groups in total. The molecule has 6 aromatic heterocycles. The summed E-state index contributed by atoms with van der Waals surface area (Å²) in [4.78, 5) is 36.0. The number of aromatic nitrogens is 6. The van der Waals surface area contributed by atoms with E-state index in [1.165, 1.54) is 28.3 Å². The Morgan fingerprint density at radius 1 is 0.382 bits per heavy atom. The molecule has 0 amide bonds. The van der Waals surface area contributed by atoms with Gasteiger partial charge in [-0.05, 0) is 120 Å². The zero-order valence-electron chi connectivity index (χ0n) is 64.3. The molecule has 102 heavy (non-hydrogen) atoms. The molecule has 6 aliphatic rings. The van der Waals surface area contributed by atoms with E-state index in [2.05, 4.69) is 193 Å². The van der Waals surface area contributed by atoms with Crippen LogP contribution in [0, 0.1) is 0 Å². The Morgan fingerprint density at radius 2 is 0.676 bits per heavy atom. The normalized spacial score (nSPS) is 20.1. The van der Waals surface area contributed by atoms with Crippen molar-refractivity contribution < 1.29 is 52.8 Å². The second-order valence-corrected chi connectivity index (χ2v) is 29.0. The lowest BCUT2D eigenvalue weighted by molar-refractivity contribution is -0.0681. The van der Waals surface area contributed by atoms with Gasteiger partial charge in [0.05, 0.1) is 130 Å². The van der Waals surface area contributed by atoms with Crippen molar-refractivity contribution in [3.63, 3.8) is 0 Å². The zero-order valence-corrected chi connectivity index (χ0v) is 64.3. The number of hydrogen-bond acceptors (Lipinski definition) is 21. The molecular weight excluding hydrogens is 1290 g/mol. The lowest BCUT2D eigenvalue weighted by Gasteiger charge is -2.34. The molecular formula is C81H124N10O11. The average molecular weight is 1410 g/mol. The zero-order chi connectivity index (χ0) is 73.4. The maximum absolute atomic E-state index is 10.5. The number of anilines is 4. The van der Waals surface area contributed by atoms with Crippen LogP contribution in [0.5, 0.6) is 0 Å². The lowest BCUT2D eigenvalue weighted by atomic mass is 9.87. The van der Waals surface area contributed by atoms with Gasteiger partial charge in [0.15, 0.2) is 0 Å². The minimum Gasteiger partial charge on any atom is -0.394 e. The number of methoxy groups -OCH3 is 3. The molecule has 6 saturated heterocycles. The van der Waals surface area contributed by atoms with Crippen LogP contribution in [0.3, 0.4) is 0 Å². The molecule has 6 aromatic rings. The maximum atomic E-state index is 10.5. The molecule has 6 fully saturated rings. The summed E-state index contributed by atoms with van der Waals surface area (Å²) in [5.41, 5.74) is 13.0. The molecule has 0 aliphatic carbocycles. The first-order chi connectivity index (χ1) is 49.2. The highest BCUT2D eigenvalue weighted by molar-refractivity contribution is 5.48. The molecule has 0 aromatic carbocycles. The third-order valence-electron chi connectivity index (χ3n) is 19.1. The van der Waals surface area contributed by atoms with E-state index >= 15 is 0 Å². The lowest BCUT2D eigenvalue weighted by Crippen LogP contribution is -2.44. The molecule has 0 saturated carbocycles. The third-order valence-corrected chi connectivity index (χ3v) is 19.1. The van der Waals surface area contributed by atoms with Gasteiger partial charge in [0.1, 0.15) is 0 Å². The molecule has 564 valence electrons. The van der Waals surface area contributed by atoms with Gasteiger partial charge in [-0.2, -0.15) is 0 Å². The molecule has 6 aliphatic heterocycles. The summed E-state index contributed by atoms with van der Waals surface area (Å²) < 4.78 is 48.4. The number of rotatable bonds is 19. The van der Waals surface area contributed by atoms with Crippen LogP contribution < -0.4 is 19.6 Å². The van der Waals surface area contributed by atoms with E-state index in [0.29, 0.717) is 93.9 Å². The molecule has 0 radical (unpaired) electrons. The van der Waals surface area contributed by atoms with Crippen molar-refractivity contribution in [1.29, 1.82) is 0 Å². The second-order valence-electron chi connectivity index (χ2n) is 29.0. The standard InChI is InChI=1S/3C14H22N2O2.C13H20N2O2.C13H19NO2.C13H19NO/c3*1-11(2)14-5-4-12(8-15-14)16-6-7-18-13(9-16)10-17-3;1-10(2)13-4-3-11(7-14-13)15-5-6-17-12(8-15)9-16;1-10(2)12-4-3-11(9-14-12)13(15)5-7-16-8-6-13;1-10(2)13-4-3-12(9-14-13)11-5-7-15-8-6-11/h3*4-5,8,11,13H,6-7,9-10H2,1-3H3;3-4,7,10,12,16H,5-6,8-9H2,1-2H3;3-4,9-10,15H,5-8H2,1-2H3;3-4,9-11H,5-8H2,1-2H3/t2*13-;;12-;;/m10.1../s1. The number of hydrogen-bond donors (Lipinski definition) is 2. The van der Waals surface area contributed by atoms with E-state index in [9.17, 15) is 5.11 Å². The van der Waals surface area contributed by atoms with Gasteiger partial charge in [-0.15, -0.1) is 0 Å². The predicted molar refractivity (Wildman–Crippen MR) is 407 cm³/mol. The molecule has 12 heterocycles. The number of nitrogens with zero attached hydrogens (tertiary/aromatic N) is 10. The third kappa shape index (κ3) is 27.0. The summed E-state index contributed by atoms with van der Waals surface area (Å²) in [5, 5.41) is 19.6. The van der Waals surface area contributed by atoms with Crippen molar-refractivity contribution in [2.24, 2.45) is 0 Å². The van der Waals surface area contributed by atoms with Crippen LogP contribution in [-0.2, 0) is 48.2 Å². The highest BCUT2D eigenvalue weighted by Gasteiger charge is 2.32. The van der Waals surface area contributed by atoms with Crippen molar-refractivity contribution in [1.82, 2.24) is 29.9 Å². The van der Waals surface area contributed by atoms with Gasteiger partial charge < -0.3 is 72.4 Å². The quantitative estimate of drug-likeness (QED) is 0.0771. The summed E-state index contributed by atoms with van der Waals surface area (Å²) in [7, 11) is 5.13. The van der Waals surface area contributed by atoms with Crippen LogP contribution in [0.4, 0.5) is 22.7 Å². The van der Waals surface area contributed by atoms with Gasteiger partial charge in [0.25, 0.3) is 0 Å². The molecule has 0 spiro atoms. The fourth-order valence-electron chi connectivity index (χ4n) is 12.5. The topological polar surface area (TPSA) is 214 Å². The summed E-state index contributed by atoms with van der Waals surface area (Å²) >= 11 is 0. The van der Waals surface area contributed by atoms with Crippen molar-refractivity contribution >= 4 is 22.7 Å². The first-order valence-electron chi connectivity index (χ1n) is 37.4. The van der Waals surface area contributed by atoms with E-state index in [-0.39, 0.29) is 31.0 Å². The van der Waals surface area contributed by atoms with Crippen molar-refractivity contribution in [3.05, 3.63) is 155 Å². The summed E-state index contributed by atoms with van der Waals surface area (Å²) in [6.07, 6.45) is 15.7. The Kier molecular flexibility index (Phi) is 35.6. The van der Waals surface area contributed by atoms with Crippen LogP contribution in [-0.4, -0.2) is 218 Å². The maximum Gasteiger partial charge on any atom is 0.0983 e. The Hall–Kier alpha value is -6.34. The van der Waals surface area contributed by atoms with Gasteiger partial charge in [0, 0.05) is 165 Å². The SMILES string of the molecule is CC(C)c1ccc(C2(O)CCOCC2)cn1.CC(C)c1ccc(C2CCOCC2)cn1.CC(C)c1ccc(N2CCO[C@@H](CO)C2)cn1.COCC1CN(c2ccc(C(C)C)nc2)CCO1.COC[C@@H]1CN(c2ccc(C(C)C)nc2)CCO1.COC[C@H]1CN(c2ccc(C(C)C)nc2)CCO1. The van der Waals surface area contributed by atoms with Gasteiger partial charge >= 0.3 is 0 Å². The Morgan fingerprint density at radius 3 is 0.951 bits per heavy atom. The highest BCUT2D eigenvalue weighted by Crippen LogP contribution is 2.33. The fourth-order valence-corrected chi connectivity index (χ4v) is 12.5. The van der Waals surface area contributed by atoms with Gasteiger partial charge in [-0.3, -0.25) is 29.9 Å². The number of aliphatic hydroxyl groups is 2. The fraction of sp³-hybridized carbons (Fsp3) is 0.630. The van der Waals surface area contributed by atoms with Crippen molar-refractivity contribution in [2.45, 2.75) is 180 Å².